The van der Waals surface area contributed by atoms with Crippen LogP contribution in [0.15, 0.2) is 24.8 Å². The zero-order chi connectivity index (χ0) is 18.5. The molecule has 1 aromatic rings. The molecule has 3 aliphatic rings. The number of hydrogen-bond acceptors (Lipinski definition) is 5. The van der Waals surface area contributed by atoms with Crippen molar-refractivity contribution in [1.29, 1.82) is 0 Å². The molecule has 7 nitrogen and oxygen atoms in total. The van der Waals surface area contributed by atoms with Crippen molar-refractivity contribution in [2.45, 2.75) is 6.54 Å². The monoisotopic (exact) mass is 378 g/mol. The molecule has 0 spiro atoms. The summed E-state index contributed by atoms with van der Waals surface area (Å²) in [6, 6.07) is 3.53. The van der Waals surface area contributed by atoms with Crippen molar-refractivity contribution < 1.29 is 24.2 Å². The van der Waals surface area contributed by atoms with E-state index in [1.165, 1.54) is 0 Å². The highest BCUT2D eigenvalue weighted by molar-refractivity contribution is 6.31. The van der Waals surface area contributed by atoms with E-state index in [1.54, 1.807) is 17.0 Å². The maximum atomic E-state index is 12.6. The third kappa shape index (κ3) is 2.54. The first-order valence-electron chi connectivity index (χ1n) is 8.38. The number of aliphatic carboxylic acids is 1. The van der Waals surface area contributed by atoms with Gasteiger partial charge in [0.1, 0.15) is 5.41 Å². The van der Waals surface area contributed by atoms with E-state index in [1.807, 2.05) is 11.0 Å². The molecule has 138 valence electrons. The maximum Gasteiger partial charge on any atom is 0.313 e. The van der Waals surface area contributed by atoms with Gasteiger partial charge in [-0.3, -0.25) is 14.5 Å². The van der Waals surface area contributed by atoms with Gasteiger partial charge in [0.15, 0.2) is 11.5 Å². The van der Waals surface area contributed by atoms with Gasteiger partial charge in [0, 0.05) is 43.8 Å². The van der Waals surface area contributed by atoms with Crippen LogP contribution in [0.25, 0.3) is 0 Å². The van der Waals surface area contributed by atoms with Crippen LogP contribution in [0, 0.1) is 11.3 Å². The maximum absolute atomic E-state index is 12.6. The van der Waals surface area contributed by atoms with Gasteiger partial charge >= 0.3 is 5.97 Å². The van der Waals surface area contributed by atoms with Gasteiger partial charge in [-0.2, -0.15) is 0 Å². The zero-order valence-corrected chi connectivity index (χ0v) is 14.9. The van der Waals surface area contributed by atoms with Crippen molar-refractivity contribution in [3.63, 3.8) is 0 Å². The lowest BCUT2D eigenvalue weighted by molar-refractivity contribution is -0.149. The quantitative estimate of drug-likeness (QED) is 0.784. The Morgan fingerprint density at radius 3 is 2.77 bits per heavy atom. The number of carbonyl (C=O) groups is 2. The lowest BCUT2D eigenvalue weighted by Crippen LogP contribution is -2.40. The normalized spacial score (nSPS) is 27.0. The fourth-order valence-corrected chi connectivity index (χ4v) is 4.37. The molecule has 1 aromatic carbocycles. The summed E-state index contributed by atoms with van der Waals surface area (Å²) in [6.45, 7) is 5.54. The molecule has 0 saturated carbocycles. The average molecular weight is 379 g/mol. The lowest BCUT2D eigenvalue weighted by Gasteiger charge is -2.25. The number of amides is 1. The van der Waals surface area contributed by atoms with Crippen LogP contribution in [0.2, 0.25) is 5.02 Å². The van der Waals surface area contributed by atoms with Crippen LogP contribution >= 0.6 is 11.6 Å². The van der Waals surface area contributed by atoms with E-state index in [9.17, 15) is 14.7 Å². The molecule has 2 saturated heterocycles. The van der Waals surface area contributed by atoms with Crippen LogP contribution in [0.5, 0.6) is 11.5 Å². The smallest absolute Gasteiger partial charge is 0.313 e. The number of carboxylic acid groups (broad SMARTS) is 1. The second kappa shape index (κ2) is 6.17. The van der Waals surface area contributed by atoms with Crippen molar-refractivity contribution in [3.8, 4) is 11.5 Å². The first-order chi connectivity index (χ1) is 12.4. The average Bonchev–Trinajstić information content (AvgIpc) is 3.24. The fraction of sp³-hybridized carbons (Fsp3) is 0.444. The largest absolute Gasteiger partial charge is 0.481 e. The molecule has 1 amide bonds. The van der Waals surface area contributed by atoms with Gasteiger partial charge in [-0.05, 0) is 11.6 Å². The number of likely N-dealkylation sites (tertiary alicyclic amines) is 2. The number of ether oxygens (including phenoxy) is 2. The Morgan fingerprint density at radius 1 is 1.38 bits per heavy atom. The minimum absolute atomic E-state index is 0.119. The van der Waals surface area contributed by atoms with E-state index in [0.717, 1.165) is 5.56 Å². The number of hydrogen-bond donors (Lipinski definition) is 1. The highest BCUT2D eigenvalue weighted by Crippen LogP contribution is 2.45. The molecule has 3 heterocycles. The first kappa shape index (κ1) is 17.2. The molecule has 2 fully saturated rings. The summed E-state index contributed by atoms with van der Waals surface area (Å²) < 4.78 is 10.7. The molecule has 8 heteroatoms. The Hall–Kier alpha value is -2.25. The van der Waals surface area contributed by atoms with E-state index >= 15 is 0 Å². The highest BCUT2D eigenvalue weighted by atomic mass is 35.5. The van der Waals surface area contributed by atoms with E-state index in [4.69, 9.17) is 21.1 Å². The molecule has 0 aromatic heterocycles. The molecule has 26 heavy (non-hydrogen) atoms. The van der Waals surface area contributed by atoms with Gasteiger partial charge in [-0.15, -0.1) is 6.58 Å². The second-order valence-corrected chi connectivity index (χ2v) is 7.40. The van der Waals surface area contributed by atoms with Crippen molar-refractivity contribution in [3.05, 3.63) is 35.4 Å². The predicted octanol–water partition coefficient (Wildman–Crippen LogP) is 1.60. The summed E-state index contributed by atoms with van der Waals surface area (Å²) in [5.41, 5.74) is -0.255. The molecule has 3 aliphatic heterocycles. The van der Waals surface area contributed by atoms with E-state index in [2.05, 4.69) is 6.58 Å². The highest BCUT2D eigenvalue weighted by Gasteiger charge is 2.61. The summed E-state index contributed by atoms with van der Waals surface area (Å²) in [6.07, 6.45) is 1.62. The number of benzene rings is 1. The van der Waals surface area contributed by atoms with Gasteiger partial charge in [0.05, 0.1) is 5.92 Å². The standard InChI is InChI=1S/C18H19ClN2O5/c1-2-3-21-9-18(17(23)24)8-20(7-12(18)16(21)22)6-11-4-14-15(5-13(11)19)26-10-25-14/h2,4-5,12H,1,3,6-10H2,(H,23,24)/t12-,18-/m0/s1. The number of halogens is 1. The molecule has 0 unspecified atom stereocenters. The Bertz CT molecular complexity index is 798. The summed E-state index contributed by atoms with van der Waals surface area (Å²) in [5, 5.41) is 10.4. The fourth-order valence-electron chi connectivity index (χ4n) is 4.16. The van der Waals surface area contributed by atoms with Gasteiger partial charge in [0.25, 0.3) is 0 Å². The van der Waals surface area contributed by atoms with Crippen LogP contribution in [0.3, 0.4) is 0 Å². The second-order valence-electron chi connectivity index (χ2n) is 6.99. The van der Waals surface area contributed by atoms with Gasteiger partial charge in [0.2, 0.25) is 12.7 Å². The minimum atomic E-state index is -1.08. The summed E-state index contributed by atoms with van der Waals surface area (Å²) in [7, 11) is 0. The molecule has 2 atom stereocenters. The van der Waals surface area contributed by atoms with Crippen LogP contribution in [-0.2, 0) is 16.1 Å². The van der Waals surface area contributed by atoms with Crippen molar-refractivity contribution >= 4 is 23.5 Å². The van der Waals surface area contributed by atoms with Crippen LogP contribution in [0.4, 0.5) is 0 Å². The lowest BCUT2D eigenvalue weighted by atomic mass is 9.81. The third-order valence-corrected chi connectivity index (χ3v) is 5.76. The number of carbonyl (C=O) groups excluding carboxylic acids is 1. The topological polar surface area (TPSA) is 79.3 Å². The van der Waals surface area contributed by atoms with Gasteiger partial charge in [-0.1, -0.05) is 17.7 Å². The van der Waals surface area contributed by atoms with E-state index < -0.39 is 17.3 Å². The van der Waals surface area contributed by atoms with Crippen LogP contribution in [0.1, 0.15) is 5.56 Å². The third-order valence-electron chi connectivity index (χ3n) is 5.41. The number of rotatable bonds is 5. The first-order valence-corrected chi connectivity index (χ1v) is 8.76. The number of nitrogens with zero attached hydrogens (tertiary/aromatic N) is 2. The molecule has 4 rings (SSSR count). The Balaban J connectivity index is 1.56. The Labute approximate surface area is 155 Å². The molecule has 0 radical (unpaired) electrons. The molecular formula is C18H19ClN2O5. The van der Waals surface area contributed by atoms with Gasteiger partial charge < -0.3 is 19.5 Å². The molecule has 0 aliphatic carbocycles. The summed E-state index contributed by atoms with van der Waals surface area (Å²) in [5.74, 6) is -0.361. The van der Waals surface area contributed by atoms with E-state index in [-0.39, 0.29) is 19.2 Å². The SMILES string of the molecule is C=CCN1C[C@@]2(C(=O)O)CN(Cc3cc4c(cc3Cl)OCO4)C[C@H]2C1=O. The van der Waals surface area contributed by atoms with Crippen molar-refractivity contribution in [1.82, 2.24) is 9.80 Å². The zero-order valence-electron chi connectivity index (χ0n) is 14.1. The Kier molecular flexibility index (Phi) is 4.08. The van der Waals surface area contributed by atoms with E-state index in [0.29, 0.717) is 42.7 Å². The Morgan fingerprint density at radius 2 is 2.12 bits per heavy atom. The molecule has 0 bridgehead atoms. The molecule has 1 N–H and O–H groups in total. The number of fused-ring (bicyclic) bond motifs is 2. The number of carboxylic acids is 1. The molecular weight excluding hydrogens is 360 g/mol. The predicted molar refractivity (Wildman–Crippen MR) is 93.2 cm³/mol. The van der Waals surface area contributed by atoms with Gasteiger partial charge in [-0.25, -0.2) is 0 Å². The minimum Gasteiger partial charge on any atom is -0.481 e. The summed E-state index contributed by atoms with van der Waals surface area (Å²) >= 11 is 6.33. The van der Waals surface area contributed by atoms with Crippen molar-refractivity contribution in [2.75, 3.05) is 33.0 Å². The van der Waals surface area contributed by atoms with Crippen LogP contribution in [-0.4, -0.2) is 59.8 Å². The van der Waals surface area contributed by atoms with Crippen LogP contribution < -0.4 is 9.47 Å². The van der Waals surface area contributed by atoms with Crippen molar-refractivity contribution in [2.24, 2.45) is 11.3 Å². The summed E-state index contributed by atoms with van der Waals surface area (Å²) in [4.78, 5) is 28.2.